The van der Waals surface area contributed by atoms with Gasteiger partial charge in [0.25, 0.3) is 0 Å². The van der Waals surface area contributed by atoms with Crippen LogP contribution in [0.4, 0.5) is 0 Å². The number of para-hydroxylation sites is 2. The summed E-state index contributed by atoms with van der Waals surface area (Å²) in [5.74, 6) is 3.21. The first-order chi connectivity index (χ1) is 16.3. The van der Waals surface area contributed by atoms with Gasteiger partial charge >= 0.3 is 0 Å². The molecule has 2 aromatic heterocycles. The molecule has 7 rings (SSSR count). The Bertz CT molecular complexity index is 1400. The summed E-state index contributed by atoms with van der Waals surface area (Å²) >= 11 is 0. The Balaban J connectivity index is 1.40. The second-order valence-corrected chi connectivity index (χ2v) is 8.86. The molecule has 3 aliphatic rings. The summed E-state index contributed by atoms with van der Waals surface area (Å²) in [6.45, 7) is 3.01. The first-order valence-corrected chi connectivity index (χ1v) is 11.6. The molecule has 1 atom stereocenters. The summed E-state index contributed by atoms with van der Waals surface area (Å²) in [7, 11) is 0. The number of aliphatic imine (C=N–C) groups is 2. The molecule has 2 fully saturated rings. The standard InChI is InChI=1S/C25H25N7O/c1-2-7-21-20(5-1)27-23(16-8-9-16)32(21)25-29-22(18-4-3-6-19-17(18)10-11-26-19)28-24(30-25)31-12-14-33-15-13-31/h1-7,10-11,16,22,26H,8-9,12-15H2,(H,28,29,30). The van der Waals surface area contributed by atoms with Crippen molar-refractivity contribution in [1.82, 2.24) is 24.8 Å². The zero-order chi connectivity index (χ0) is 21.8. The molecule has 0 bridgehead atoms. The summed E-state index contributed by atoms with van der Waals surface area (Å²) in [5, 5.41) is 4.72. The van der Waals surface area contributed by atoms with Gasteiger partial charge in [0.1, 0.15) is 5.82 Å². The van der Waals surface area contributed by atoms with Gasteiger partial charge in [0.2, 0.25) is 11.9 Å². The lowest BCUT2D eigenvalue weighted by molar-refractivity contribution is 0.0666. The highest BCUT2D eigenvalue weighted by molar-refractivity contribution is 6.05. The van der Waals surface area contributed by atoms with Crippen LogP contribution in [0.3, 0.4) is 0 Å². The van der Waals surface area contributed by atoms with E-state index in [2.05, 4.69) is 62.2 Å². The van der Waals surface area contributed by atoms with E-state index in [9.17, 15) is 0 Å². The van der Waals surface area contributed by atoms with Crippen LogP contribution in [-0.2, 0) is 4.74 Å². The number of hydrogen-bond acceptors (Lipinski definition) is 6. The van der Waals surface area contributed by atoms with Crippen LogP contribution in [0.1, 0.15) is 36.3 Å². The third-order valence-corrected chi connectivity index (χ3v) is 6.67. The molecule has 2 N–H and O–H groups in total. The number of guanidine groups is 1. The van der Waals surface area contributed by atoms with E-state index in [1.54, 1.807) is 0 Å². The van der Waals surface area contributed by atoms with Crippen LogP contribution in [0.25, 0.3) is 21.9 Å². The summed E-state index contributed by atoms with van der Waals surface area (Å²) in [5.41, 5.74) is 4.27. The molecule has 2 aliphatic heterocycles. The average Bonchev–Trinajstić information content (AvgIpc) is 3.47. The van der Waals surface area contributed by atoms with Gasteiger partial charge in [0, 0.05) is 41.7 Å². The van der Waals surface area contributed by atoms with Crippen LogP contribution in [0, 0.1) is 0 Å². The molecular weight excluding hydrogens is 414 g/mol. The highest BCUT2D eigenvalue weighted by Gasteiger charge is 2.33. The monoisotopic (exact) mass is 439 g/mol. The molecule has 1 unspecified atom stereocenters. The summed E-state index contributed by atoms with van der Waals surface area (Å²) in [6, 6.07) is 16.7. The van der Waals surface area contributed by atoms with Gasteiger partial charge in [0.05, 0.1) is 24.2 Å². The number of benzene rings is 2. The van der Waals surface area contributed by atoms with Gasteiger partial charge in [-0.3, -0.25) is 9.88 Å². The third kappa shape index (κ3) is 3.21. The lowest BCUT2D eigenvalue weighted by atomic mass is 10.1. The van der Waals surface area contributed by atoms with E-state index in [4.69, 9.17) is 19.7 Å². The maximum atomic E-state index is 5.59. The maximum absolute atomic E-state index is 5.59. The van der Waals surface area contributed by atoms with E-state index in [1.165, 1.54) is 12.8 Å². The van der Waals surface area contributed by atoms with Crippen LogP contribution in [-0.4, -0.2) is 57.7 Å². The van der Waals surface area contributed by atoms with Crippen molar-refractivity contribution in [3.63, 3.8) is 0 Å². The van der Waals surface area contributed by atoms with Gasteiger partial charge in [-0.2, -0.15) is 0 Å². The van der Waals surface area contributed by atoms with E-state index in [0.717, 1.165) is 58.3 Å². The van der Waals surface area contributed by atoms with Crippen molar-refractivity contribution >= 4 is 33.9 Å². The number of aromatic nitrogens is 3. The Morgan fingerprint density at radius 2 is 1.76 bits per heavy atom. The molecular formula is C25H25N7O. The largest absolute Gasteiger partial charge is 0.378 e. The predicted octanol–water partition coefficient (Wildman–Crippen LogP) is 3.59. The smallest absolute Gasteiger partial charge is 0.213 e. The molecule has 4 aromatic rings. The lowest BCUT2D eigenvalue weighted by Gasteiger charge is -2.33. The van der Waals surface area contributed by atoms with E-state index < -0.39 is 0 Å². The second-order valence-electron chi connectivity index (χ2n) is 8.86. The minimum atomic E-state index is -0.341. The van der Waals surface area contributed by atoms with E-state index >= 15 is 0 Å². The van der Waals surface area contributed by atoms with Gasteiger partial charge in [-0.25, -0.2) is 15.0 Å². The van der Waals surface area contributed by atoms with Crippen molar-refractivity contribution in [2.45, 2.75) is 24.9 Å². The SMILES string of the molecule is c1ccc2c(c1)nc(C1CC1)n2C1=NC(c2cccc3[nH]ccc23)N=C(N2CCOCC2)N1. The number of fused-ring (bicyclic) bond motifs is 2. The number of aromatic amines is 1. The zero-order valence-electron chi connectivity index (χ0n) is 18.2. The number of rotatable bonds is 2. The van der Waals surface area contributed by atoms with Crippen molar-refractivity contribution in [3.05, 3.63) is 66.1 Å². The molecule has 8 heteroatoms. The van der Waals surface area contributed by atoms with E-state index in [0.29, 0.717) is 19.1 Å². The van der Waals surface area contributed by atoms with E-state index in [-0.39, 0.29) is 6.17 Å². The van der Waals surface area contributed by atoms with Crippen molar-refractivity contribution in [3.8, 4) is 0 Å². The molecule has 0 amide bonds. The van der Waals surface area contributed by atoms with Gasteiger partial charge < -0.3 is 14.6 Å². The Morgan fingerprint density at radius 3 is 2.64 bits per heavy atom. The van der Waals surface area contributed by atoms with Crippen LogP contribution < -0.4 is 5.32 Å². The predicted molar refractivity (Wildman–Crippen MR) is 129 cm³/mol. The molecule has 1 aliphatic carbocycles. The van der Waals surface area contributed by atoms with Crippen molar-refractivity contribution in [2.75, 3.05) is 26.3 Å². The molecule has 2 aromatic carbocycles. The van der Waals surface area contributed by atoms with Gasteiger partial charge in [-0.05, 0) is 37.1 Å². The number of H-pyrrole nitrogens is 1. The third-order valence-electron chi connectivity index (χ3n) is 6.67. The summed E-state index contributed by atoms with van der Waals surface area (Å²) < 4.78 is 7.81. The van der Waals surface area contributed by atoms with Crippen LogP contribution in [0.15, 0.2) is 64.7 Å². The number of ether oxygens (including phenoxy) is 1. The first-order valence-electron chi connectivity index (χ1n) is 11.6. The number of imidazole rings is 1. The average molecular weight is 440 g/mol. The van der Waals surface area contributed by atoms with Gasteiger partial charge in [-0.15, -0.1) is 0 Å². The fourth-order valence-corrected chi connectivity index (χ4v) is 4.83. The molecule has 1 saturated carbocycles. The molecule has 0 spiro atoms. The molecule has 8 nitrogen and oxygen atoms in total. The minimum absolute atomic E-state index is 0.341. The Morgan fingerprint density at radius 1 is 0.909 bits per heavy atom. The Kier molecular flexibility index (Phi) is 4.26. The number of nitrogens with one attached hydrogen (secondary N) is 2. The van der Waals surface area contributed by atoms with Crippen molar-refractivity contribution in [1.29, 1.82) is 0 Å². The molecule has 0 radical (unpaired) electrons. The van der Waals surface area contributed by atoms with Crippen molar-refractivity contribution < 1.29 is 4.74 Å². The maximum Gasteiger partial charge on any atom is 0.213 e. The van der Waals surface area contributed by atoms with Gasteiger partial charge in [-0.1, -0.05) is 24.3 Å². The minimum Gasteiger partial charge on any atom is -0.378 e. The fraction of sp³-hybridized carbons (Fsp3) is 0.320. The number of morpholine rings is 1. The first kappa shape index (κ1) is 18.9. The van der Waals surface area contributed by atoms with Gasteiger partial charge in [0.15, 0.2) is 6.17 Å². The normalized spacial score (nSPS) is 21.2. The van der Waals surface area contributed by atoms with Crippen LogP contribution in [0.2, 0.25) is 0 Å². The molecule has 33 heavy (non-hydrogen) atoms. The second kappa shape index (κ2) is 7.45. The van der Waals surface area contributed by atoms with Crippen molar-refractivity contribution in [2.24, 2.45) is 9.98 Å². The lowest BCUT2D eigenvalue weighted by Crippen LogP contribution is -2.52. The fourth-order valence-electron chi connectivity index (χ4n) is 4.83. The summed E-state index contributed by atoms with van der Waals surface area (Å²) in [6.07, 6.45) is 3.98. The Labute approximate surface area is 191 Å². The van der Waals surface area contributed by atoms with E-state index in [1.807, 2.05) is 12.3 Å². The molecule has 1 saturated heterocycles. The summed E-state index contributed by atoms with van der Waals surface area (Å²) in [4.78, 5) is 20.8. The number of nitrogens with zero attached hydrogens (tertiary/aromatic N) is 5. The number of hydrogen-bond donors (Lipinski definition) is 2. The Hall–Kier alpha value is -3.65. The highest BCUT2D eigenvalue weighted by Crippen LogP contribution is 2.41. The molecule has 4 heterocycles. The highest BCUT2D eigenvalue weighted by atomic mass is 16.5. The van der Waals surface area contributed by atoms with Crippen LogP contribution >= 0.6 is 0 Å². The topological polar surface area (TPSA) is 82.8 Å². The quantitative estimate of drug-likeness (QED) is 0.500. The molecule has 166 valence electrons. The zero-order valence-corrected chi connectivity index (χ0v) is 18.2. The van der Waals surface area contributed by atoms with Crippen LogP contribution in [0.5, 0.6) is 0 Å².